The van der Waals surface area contributed by atoms with Gasteiger partial charge in [-0.1, -0.05) is 53.0 Å². The van der Waals surface area contributed by atoms with Crippen LogP contribution in [0.4, 0.5) is 11.4 Å². The van der Waals surface area contributed by atoms with Crippen LogP contribution in [0.3, 0.4) is 0 Å². The first-order chi connectivity index (χ1) is 12.3. The Kier molecular flexibility index (Phi) is 7.29. The summed E-state index contributed by atoms with van der Waals surface area (Å²) in [5.74, 6) is -0.604. The lowest BCUT2D eigenvalue weighted by Gasteiger charge is -2.17. The molecule has 0 aliphatic rings. The Hall–Kier alpha value is -1.79. The number of nitrogens with one attached hydrogen (secondary N) is 2. The third-order valence-electron chi connectivity index (χ3n) is 3.52. The van der Waals surface area contributed by atoms with E-state index in [4.69, 9.17) is 34.8 Å². The smallest absolute Gasteiger partial charge is 0.238 e. The molecule has 0 spiro atoms. The van der Waals surface area contributed by atoms with Gasteiger partial charge in [0, 0.05) is 0 Å². The average Bonchev–Trinajstić information content (AvgIpc) is 2.57. The summed E-state index contributed by atoms with van der Waals surface area (Å²) in [5, 5.41) is 6.59. The molecule has 0 unspecified atom stereocenters. The van der Waals surface area contributed by atoms with Crippen LogP contribution in [0.2, 0.25) is 15.1 Å². The second-order valence-corrected chi connectivity index (χ2v) is 6.99. The molecule has 0 aromatic heterocycles. The third kappa shape index (κ3) is 5.61. The number of aryl methyl sites for hydroxylation is 1. The number of hydrogen-bond donors (Lipinski definition) is 2. The molecule has 2 rings (SSSR count). The summed E-state index contributed by atoms with van der Waals surface area (Å²) in [7, 11) is 1.66. The number of nitrogens with zero attached hydrogens (tertiary/aromatic N) is 1. The van der Waals surface area contributed by atoms with Crippen molar-refractivity contribution in [3.05, 3.63) is 57.0 Å². The van der Waals surface area contributed by atoms with Crippen molar-refractivity contribution in [2.45, 2.75) is 6.92 Å². The Labute approximate surface area is 167 Å². The van der Waals surface area contributed by atoms with Crippen molar-refractivity contribution < 1.29 is 9.59 Å². The number of halogens is 3. The number of likely N-dealkylation sites (N-methyl/N-ethyl adjacent to an activating group) is 1. The lowest BCUT2D eigenvalue weighted by Crippen LogP contribution is -2.36. The van der Waals surface area contributed by atoms with Gasteiger partial charge in [0.25, 0.3) is 0 Å². The molecule has 0 saturated heterocycles. The van der Waals surface area contributed by atoms with E-state index in [0.29, 0.717) is 26.4 Å². The zero-order valence-corrected chi connectivity index (χ0v) is 16.5. The van der Waals surface area contributed by atoms with Gasteiger partial charge >= 0.3 is 0 Å². The zero-order valence-electron chi connectivity index (χ0n) is 14.3. The Morgan fingerprint density at radius 3 is 2.19 bits per heavy atom. The van der Waals surface area contributed by atoms with E-state index in [9.17, 15) is 9.59 Å². The van der Waals surface area contributed by atoms with Crippen molar-refractivity contribution in [3.63, 3.8) is 0 Å². The topological polar surface area (TPSA) is 61.4 Å². The summed E-state index contributed by atoms with van der Waals surface area (Å²) < 4.78 is 0. The lowest BCUT2D eigenvalue weighted by atomic mass is 10.2. The number of benzene rings is 2. The van der Waals surface area contributed by atoms with Gasteiger partial charge in [-0.3, -0.25) is 14.5 Å². The maximum atomic E-state index is 12.2. The fraction of sp³-hybridized carbons (Fsp3) is 0.222. The summed E-state index contributed by atoms with van der Waals surface area (Å²) in [6, 6.07) is 10.4. The Morgan fingerprint density at radius 2 is 1.54 bits per heavy atom. The fourth-order valence-electron chi connectivity index (χ4n) is 2.25. The van der Waals surface area contributed by atoms with E-state index in [1.807, 2.05) is 6.92 Å². The highest BCUT2D eigenvalue weighted by Gasteiger charge is 2.15. The number of rotatable bonds is 6. The van der Waals surface area contributed by atoms with Crippen LogP contribution in [0.5, 0.6) is 0 Å². The number of anilines is 2. The van der Waals surface area contributed by atoms with Crippen LogP contribution in [-0.4, -0.2) is 36.9 Å². The molecule has 0 aliphatic heterocycles. The number of para-hydroxylation sites is 1. The minimum Gasteiger partial charge on any atom is -0.324 e. The van der Waals surface area contributed by atoms with Crippen molar-refractivity contribution in [2.24, 2.45) is 0 Å². The van der Waals surface area contributed by atoms with Gasteiger partial charge in [0.1, 0.15) is 0 Å². The van der Waals surface area contributed by atoms with Crippen molar-refractivity contribution >= 4 is 58.0 Å². The summed E-state index contributed by atoms with van der Waals surface area (Å²) >= 11 is 18.3. The fourth-order valence-corrected chi connectivity index (χ4v) is 2.90. The van der Waals surface area contributed by atoms with E-state index in [1.165, 1.54) is 0 Å². The van der Waals surface area contributed by atoms with Gasteiger partial charge in [0.15, 0.2) is 0 Å². The maximum absolute atomic E-state index is 12.2. The number of carbonyl (C=O) groups is 2. The van der Waals surface area contributed by atoms with Gasteiger partial charge in [-0.2, -0.15) is 0 Å². The number of hydrogen-bond acceptors (Lipinski definition) is 3. The molecule has 0 radical (unpaired) electrons. The Morgan fingerprint density at radius 1 is 0.923 bits per heavy atom. The molecule has 0 atom stereocenters. The first-order valence-electron chi connectivity index (χ1n) is 7.75. The highest BCUT2D eigenvalue weighted by molar-refractivity contribution is 6.40. The van der Waals surface area contributed by atoms with Crippen molar-refractivity contribution in [3.8, 4) is 0 Å². The maximum Gasteiger partial charge on any atom is 0.238 e. The largest absolute Gasteiger partial charge is 0.324 e. The van der Waals surface area contributed by atoms with Crippen molar-refractivity contribution in [1.29, 1.82) is 0 Å². The van der Waals surface area contributed by atoms with Gasteiger partial charge in [-0.15, -0.1) is 0 Å². The molecule has 138 valence electrons. The molecule has 2 aromatic carbocycles. The van der Waals surface area contributed by atoms with Crippen LogP contribution >= 0.6 is 34.8 Å². The van der Waals surface area contributed by atoms with Gasteiger partial charge < -0.3 is 10.6 Å². The first kappa shape index (κ1) is 20.5. The molecular formula is C18H18Cl3N3O2. The van der Waals surface area contributed by atoms with E-state index >= 15 is 0 Å². The van der Waals surface area contributed by atoms with Crippen LogP contribution in [0.15, 0.2) is 36.4 Å². The van der Waals surface area contributed by atoms with E-state index in [2.05, 4.69) is 10.6 Å². The van der Waals surface area contributed by atoms with E-state index in [0.717, 1.165) is 5.56 Å². The predicted octanol–water partition coefficient (Wildman–Crippen LogP) is 4.46. The molecule has 0 aliphatic carbocycles. The standard InChI is InChI=1S/C18H18Cl3N3O2/c1-11-7-8-13(20)18(17(11)21)23-16(26)10-24(2)9-15(25)22-14-6-4-3-5-12(14)19/h3-8H,9-10H2,1-2H3,(H,22,25)(H,23,26). The van der Waals surface area contributed by atoms with Crippen molar-refractivity contribution in [2.75, 3.05) is 30.8 Å². The highest BCUT2D eigenvalue weighted by atomic mass is 35.5. The summed E-state index contributed by atoms with van der Waals surface area (Å²) in [5.41, 5.74) is 1.70. The third-order valence-corrected chi connectivity index (χ3v) is 4.66. The second kappa shape index (κ2) is 9.24. The van der Waals surface area contributed by atoms with E-state index in [1.54, 1.807) is 48.3 Å². The van der Waals surface area contributed by atoms with Gasteiger partial charge in [-0.25, -0.2) is 0 Å². The van der Waals surface area contributed by atoms with Crippen molar-refractivity contribution in [1.82, 2.24) is 4.90 Å². The lowest BCUT2D eigenvalue weighted by molar-refractivity contribution is -0.119. The highest BCUT2D eigenvalue weighted by Crippen LogP contribution is 2.32. The second-order valence-electron chi connectivity index (χ2n) is 5.80. The SMILES string of the molecule is Cc1ccc(Cl)c(NC(=O)CN(C)CC(=O)Nc2ccccc2Cl)c1Cl. The van der Waals surface area contributed by atoms with Gasteiger partial charge in [0.2, 0.25) is 11.8 Å². The normalized spacial score (nSPS) is 10.7. The Bertz CT molecular complexity index is 827. The molecule has 8 heteroatoms. The van der Waals surface area contributed by atoms with E-state index < -0.39 is 0 Å². The molecule has 5 nitrogen and oxygen atoms in total. The Balaban J connectivity index is 1.90. The molecule has 26 heavy (non-hydrogen) atoms. The summed E-state index contributed by atoms with van der Waals surface area (Å²) in [4.78, 5) is 25.9. The molecule has 2 amide bonds. The molecule has 0 heterocycles. The minimum atomic E-state index is -0.326. The first-order valence-corrected chi connectivity index (χ1v) is 8.88. The molecule has 0 bridgehead atoms. The molecular weight excluding hydrogens is 397 g/mol. The van der Waals surface area contributed by atoms with Crippen LogP contribution < -0.4 is 10.6 Å². The van der Waals surface area contributed by atoms with Crippen LogP contribution in [0.1, 0.15) is 5.56 Å². The molecule has 2 N–H and O–H groups in total. The molecule has 2 aromatic rings. The monoisotopic (exact) mass is 413 g/mol. The van der Waals surface area contributed by atoms with Gasteiger partial charge in [-0.05, 0) is 37.7 Å². The van der Waals surface area contributed by atoms with Crippen LogP contribution in [0, 0.1) is 6.92 Å². The van der Waals surface area contributed by atoms with Crippen LogP contribution in [0.25, 0.3) is 0 Å². The van der Waals surface area contributed by atoms with Gasteiger partial charge in [0.05, 0.1) is 39.5 Å². The molecule has 0 fully saturated rings. The number of amides is 2. The minimum absolute atomic E-state index is 0.00343. The summed E-state index contributed by atoms with van der Waals surface area (Å²) in [6.45, 7) is 1.84. The van der Waals surface area contributed by atoms with E-state index in [-0.39, 0.29) is 24.9 Å². The number of carbonyl (C=O) groups excluding carboxylic acids is 2. The quantitative estimate of drug-likeness (QED) is 0.733. The molecule has 0 saturated carbocycles. The summed E-state index contributed by atoms with van der Waals surface area (Å²) in [6.07, 6.45) is 0. The predicted molar refractivity (Wildman–Crippen MR) is 107 cm³/mol. The van der Waals surface area contributed by atoms with Crippen LogP contribution in [-0.2, 0) is 9.59 Å². The zero-order chi connectivity index (χ0) is 19.3. The average molecular weight is 415 g/mol.